The van der Waals surface area contributed by atoms with E-state index in [-0.39, 0.29) is 98.1 Å². The van der Waals surface area contributed by atoms with Crippen molar-refractivity contribution in [3.05, 3.63) is 44.1 Å². The summed E-state index contributed by atoms with van der Waals surface area (Å²) in [5.41, 5.74) is 0. The first-order valence-electron chi connectivity index (χ1n) is 7.69. The zero-order valence-electron chi connectivity index (χ0n) is 18.6. The van der Waals surface area contributed by atoms with Crippen molar-refractivity contribution < 1.29 is 191 Å². The van der Waals surface area contributed by atoms with Crippen LogP contribution in [0.3, 0.4) is 0 Å². The first kappa shape index (κ1) is 52.6. The van der Waals surface area contributed by atoms with E-state index in [0.29, 0.717) is 6.92 Å². The Morgan fingerprint density at radius 3 is 1.26 bits per heavy atom. The maximum Gasteiger partial charge on any atom is 0.527 e. The molecular formula is C15H11F18O3Y3-. The van der Waals surface area contributed by atoms with Gasteiger partial charge in [-0.3, -0.25) is 4.74 Å². The standard InChI is InChI=1S/C8H2F13O3.C5H5F5.C2H4.3Y/c1-2(9)22-6(15,16)5(14,23-4(12,13)3(10)11)7(17,18)24-8(19,20)21;1-5(9,10)2-3(6)4(7)8;1-2;;;/h1H2;2H2,1H3;1-2H2;;;/q-1;;;;;. The molecule has 0 saturated heterocycles. The van der Waals surface area contributed by atoms with E-state index in [9.17, 15) is 79.0 Å². The summed E-state index contributed by atoms with van der Waals surface area (Å²) in [7, 11) is 0. The molecule has 24 heteroatoms. The Hall–Kier alpha value is 0.992. The second-order valence-electron chi connectivity index (χ2n) is 5.43. The summed E-state index contributed by atoms with van der Waals surface area (Å²) in [5, 5.41) is 0. The van der Waals surface area contributed by atoms with Gasteiger partial charge in [0.05, 0.1) is 12.8 Å². The van der Waals surface area contributed by atoms with E-state index < -0.39 is 67.2 Å². The van der Waals surface area contributed by atoms with E-state index in [1.165, 1.54) is 0 Å². The van der Waals surface area contributed by atoms with Gasteiger partial charge >= 0.3 is 30.5 Å². The van der Waals surface area contributed by atoms with Gasteiger partial charge in [-0.05, 0) is 13.5 Å². The predicted octanol–water partition coefficient (Wildman–Crippen LogP) is 8.77. The molecule has 0 amide bonds. The number of allylic oxidation sites excluding steroid dienone is 1. The Morgan fingerprint density at radius 1 is 0.692 bits per heavy atom. The second-order valence-corrected chi connectivity index (χ2v) is 5.43. The zero-order valence-corrected chi connectivity index (χ0v) is 27.1. The normalized spacial score (nSPS) is 13.4. The van der Waals surface area contributed by atoms with Crippen LogP contribution in [0.15, 0.2) is 37.7 Å². The quantitative estimate of drug-likeness (QED) is 0.0954. The third-order valence-corrected chi connectivity index (χ3v) is 2.39. The summed E-state index contributed by atoms with van der Waals surface area (Å²) in [6.07, 6.45) is -35.7. The minimum Gasteiger partial charge on any atom is -0.412 e. The summed E-state index contributed by atoms with van der Waals surface area (Å²) < 4.78 is 224. The number of hydrogen-bond donors (Lipinski definition) is 0. The third kappa shape index (κ3) is 20.5. The maximum atomic E-state index is 13.6. The molecular weight excluding hydrogens is 837 g/mol. The average molecular weight is 848 g/mol. The van der Waals surface area contributed by atoms with Gasteiger partial charge in [0.1, 0.15) is 0 Å². The number of hydrogen-bond acceptors (Lipinski definition) is 3. The smallest absolute Gasteiger partial charge is 0.412 e. The van der Waals surface area contributed by atoms with Gasteiger partial charge in [0.15, 0.2) is 5.83 Å². The van der Waals surface area contributed by atoms with E-state index in [1.807, 2.05) is 4.74 Å². The van der Waals surface area contributed by atoms with E-state index in [4.69, 9.17) is 0 Å². The molecule has 0 spiro atoms. The number of halogens is 18. The van der Waals surface area contributed by atoms with Gasteiger partial charge in [-0.2, -0.15) is 35.1 Å². The van der Waals surface area contributed by atoms with Gasteiger partial charge in [0.25, 0.3) is 18.0 Å². The largest absolute Gasteiger partial charge is 0.527 e. The number of rotatable bonds is 10. The maximum absolute atomic E-state index is 13.6. The molecule has 0 aromatic carbocycles. The molecule has 0 saturated carbocycles. The fourth-order valence-corrected chi connectivity index (χ4v) is 1.26. The summed E-state index contributed by atoms with van der Waals surface area (Å²) in [5.74, 6) is -12.5. The molecule has 0 bridgehead atoms. The van der Waals surface area contributed by atoms with Gasteiger partial charge in [0.2, 0.25) is 0 Å². The van der Waals surface area contributed by atoms with Crippen LogP contribution in [0.5, 0.6) is 0 Å². The van der Waals surface area contributed by atoms with E-state index in [2.05, 4.69) is 17.9 Å². The van der Waals surface area contributed by atoms with E-state index >= 15 is 0 Å². The summed E-state index contributed by atoms with van der Waals surface area (Å²) in [6, 6.07) is -2.87. The molecule has 0 aliphatic heterocycles. The van der Waals surface area contributed by atoms with Crippen molar-refractivity contribution in [2.75, 3.05) is 0 Å². The van der Waals surface area contributed by atoms with Crippen LogP contribution in [0.25, 0.3) is 0 Å². The van der Waals surface area contributed by atoms with Gasteiger partial charge in [-0.25, -0.2) is 26.7 Å². The fraction of sp³-hybridized carbons (Fsp3) is 0.533. The van der Waals surface area contributed by atoms with Crippen molar-refractivity contribution in [2.45, 2.75) is 49.8 Å². The van der Waals surface area contributed by atoms with Crippen molar-refractivity contribution in [1.29, 1.82) is 0 Å². The van der Waals surface area contributed by atoms with Crippen molar-refractivity contribution in [1.82, 2.24) is 0 Å². The molecule has 0 aromatic heterocycles. The van der Waals surface area contributed by atoms with Gasteiger partial charge in [-0.1, -0.05) is 0 Å². The molecule has 1 atom stereocenters. The predicted molar refractivity (Wildman–Crippen MR) is 80.5 cm³/mol. The summed E-state index contributed by atoms with van der Waals surface area (Å²) in [6.45, 7) is 8.17. The Bertz CT molecular complexity index is 737. The summed E-state index contributed by atoms with van der Waals surface area (Å²) >= 11 is 0. The fourth-order valence-electron chi connectivity index (χ4n) is 1.26. The van der Waals surface area contributed by atoms with Crippen molar-refractivity contribution in [3.8, 4) is 0 Å². The molecule has 0 heterocycles. The molecule has 3 nitrogen and oxygen atoms in total. The number of ether oxygens (including phenoxy) is 3. The monoisotopic (exact) mass is 848 g/mol. The first-order chi connectivity index (χ1) is 15.6. The van der Waals surface area contributed by atoms with Crippen LogP contribution < -0.4 is 0 Å². The molecule has 0 rings (SSSR count). The van der Waals surface area contributed by atoms with Crippen molar-refractivity contribution in [3.63, 3.8) is 0 Å². The summed E-state index contributed by atoms with van der Waals surface area (Å²) in [4.78, 5) is 0. The van der Waals surface area contributed by atoms with Crippen LogP contribution in [-0.4, -0.2) is 36.5 Å². The molecule has 225 valence electrons. The molecule has 3 radical (unpaired) electrons. The van der Waals surface area contributed by atoms with Crippen LogP contribution in [0.1, 0.15) is 13.3 Å². The molecule has 0 N–H and O–H groups in total. The van der Waals surface area contributed by atoms with Gasteiger partial charge < -0.3 is 13.5 Å². The molecule has 0 aliphatic carbocycles. The van der Waals surface area contributed by atoms with Crippen LogP contribution in [-0.2, 0) is 112 Å². The van der Waals surface area contributed by atoms with Crippen LogP contribution in [0.2, 0.25) is 0 Å². The average Bonchev–Trinajstić information content (AvgIpc) is 2.58. The Balaban J connectivity index is -0.000000154. The minimum absolute atomic E-state index is 0. The van der Waals surface area contributed by atoms with Crippen LogP contribution >= 0.6 is 0 Å². The Morgan fingerprint density at radius 2 is 1.05 bits per heavy atom. The second kappa shape index (κ2) is 20.0. The van der Waals surface area contributed by atoms with Crippen LogP contribution in [0.4, 0.5) is 79.0 Å². The van der Waals surface area contributed by atoms with Crippen molar-refractivity contribution in [2.24, 2.45) is 0 Å². The minimum atomic E-state index is -7.12. The molecule has 0 aromatic rings. The van der Waals surface area contributed by atoms with Crippen LogP contribution in [0, 0.1) is 6.43 Å². The van der Waals surface area contributed by atoms with E-state index in [0.717, 1.165) is 0 Å². The third-order valence-electron chi connectivity index (χ3n) is 2.39. The molecule has 0 aliphatic rings. The SMILES string of the molecule is C=C.C=C(F)OC(F)(F)C(F)(OC(F)(F)[C-](F)F)C(F)(F)OC(F)(F)F.CC(F)(F)CC(F)=C(F)F.[Y].[Y].[Y]. The zero-order chi connectivity index (χ0) is 30.1. The number of alkyl halides is 12. The van der Waals surface area contributed by atoms with Gasteiger partial charge in [-0.15, -0.1) is 26.3 Å². The topological polar surface area (TPSA) is 27.7 Å². The first-order valence-corrected chi connectivity index (χ1v) is 7.69. The van der Waals surface area contributed by atoms with Crippen molar-refractivity contribution >= 4 is 0 Å². The molecule has 0 fully saturated rings. The Labute approximate surface area is 282 Å². The van der Waals surface area contributed by atoms with Gasteiger partial charge in [0, 0.05) is 98.1 Å². The molecule has 39 heavy (non-hydrogen) atoms. The van der Waals surface area contributed by atoms with E-state index in [1.54, 1.807) is 11.3 Å². The molecule has 1 unspecified atom stereocenters. The Kier molecular flexibility index (Phi) is 27.0.